The lowest BCUT2D eigenvalue weighted by Gasteiger charge is -2.45. The Morgan fingerprint density at radius 3 is 1.00 bits per heavy atom. The second-order valence-corrected chi connectivity index (χ2v) is 13.2. The molecule has 0 spiro atoms. The minimum absolute atomic E-state index is 0.239. The van der Waals surface area contributed by atoms with Crippen LogP contribution in [0.5, 0.6) is 0 Å². The Morgan fingerprint density at radius 2 is 0.717 bits per heavy atom. The molecule has 1 aromatic carbocycles. The van der Waals surface area contributed by atoms with Gasteiger partial charge in [0.2, 0.25) is 47.9 Å². The van der Waals surface area contributed by atoms with E-state index in [2.05, 4.69) is 0 Å². The number of carbonyl (C=O) groups is 10. The van der Waals surface area contributed by atoms with Crippen molar-refractivity contribution in [2.75, 3.05) is 13.2 Å². The van der Waals surface area contributed by atoms with Gasteiger partial charge in [-0.2, -0.15) is 0 Å². The molecule has 2 fully saturated rings. The highest BCUT2D eigenvalue weighted by molar-refractivity contribution is 6.25. The van der Waals surface area contributed by atoms with Crippen molar-refractivity contribution in [3.05, 3.63) is 46.9 Å². The molecule has 2 saturated heterocycles. The van der Waals surface area contributed by atoms with Crippen LogP contribution in [-0.2, 0) is 95.2 Å². The molecule has 0 radical (unpaired) electrons. The second-order valence-electron chi connectivity index (χ2n) is 13.2. The maximum absolute atomic E-state index is 14.4. The number of hydrogen-bond acceptors (Lipinski definition) is 22. The number of allylic oxidation sites excluding steroid dienone is 2. The summed E-state index contributed by atoms with van der Waals surface area (Å²) < 4.78 is 66.8. The number of ether oxygens (including phenoxy) is 12. The van der Waals surface area contributed by atoms with E-state index in [1.165, 1.54) is 24.3 Å². The molecule has 0 amide bonds. The highest BCUT2D eigenvalue weighted by Gasteiger charge is 2.57. The van der Waals surface area contributed by atoms with E-state index in [1.54, 1.807) is 0 Å². The normalized spacial score (nSPS) is 27.2. The molecule has 2 heterocycles. The molecule has 326 valence electrons. The van der Waals surface area contributed by atoms with E-state index in [0.29, 0.717) is 0 Å². The van der Waals surface area contributed by atoms with Crippen molar-refractivity contribution >= 4 is 59.3 Å². The van der Waals surface area contributed by atoms with Gasteiger partial charge in [-0.05, 0) is 0 Å². The van der Waals surface area contributed by atoms with Crippen LogP contribution in [-0.4, -0.2) is 134 Å². The molecule has 22 nitrogen and oxygen atoms in total. The van der Waals surface area contributed by atoms with E-state index in [9.17, 15) is 47.9 Å². The van der Waals surface area contributed by atoms with Crippen molar-refractivity contribution in [3.63, 3.8) is 0 Å². The zero-order valence-corrected chi connectivity index (χ0v) is 33.5. The van der Waals surface area contributed by atoms with Gasteiger partial charge in [0.25, 0.3) is 0 Å². The van der Waals surface area contributed by atoms with Gasteiger partial charge in [0.05, 0.1) is 0 Å². The Morgan fingerprint density at radius 1 is 0.433 bits per heavy atom. The summed E-state index contributed by atoms with van der Waals surface area (Å²) in [5, 5.41) is 0. The Kier molecular flexibility index (Phi) is 15.4. The van der Waals surface area contributed by atoms with Gasteiger partial charge < -0.3 is 56.8 Å². The van der Waals surface area contributed by atoms with Gasteiger partial charge in [-0.1, -0.05) is 24.3 Å². The van der Waals surface area contributed by atoms with Gasteiger partial charge in [-0.15, -0.1) is 0 Å². The number of ketones is 2. The maximum Gasteiger partial charge on any atom is 0.303 e. The number of esters is 8. The number of rotatable bonds is 14. The highest BCUT2D eigenvalue weighted by Crippen LogP contribution is 2.37. The van der Waals surface area contributed by atoms with Crippen molar-refractivity contribution < 1.29 is 105 Å². The van der Waals surface area contributed by atoms with E-state index in [1.807, 2.05) is 0 Å². The Hall–Kier alpha value is -6.42. The van der Waals surface area contributed by atoms with Gasteiger partial charge >= 0.3 is 47.8 Å². The zero-order valence-electron chi connectivity index (χ0n) is 33.5. The predicted octanol–water partition coefficient (Wildman–Crippen LogP) is 0.477. The van der Waals surface area contributed by atoms with Crippen molar-refractivity contribution in [3.8, 4) is 0 Å². The Balaban J connectivity index is 1.93. The first-order chi connectivity index (χ1) is 28.2. The number of benzene rings is 1. The summed E-state index contributed by atoms with van der Waals surface area (Å²) in [6.07, 6.45) is -17.8. The van der Waals surface area contributed by atoms with E-state index >= 15 is 0 Å². The molecule has 10 unspecified atom stereocenters. The Labute approximate surface area is 340 Å². The topological polar surface area (TPSA) is 281 Å². The summed E-state index contributed by atoms with van der Waals surface area (Å²) in [6, 6.07) is 5.36. The molecule has 2 aliphatic heterocycles. The first kappa shape index (κ1) is 46.3. The third kappa shape index (κ3) is 11.6. The van der Waals surface area contributed by atoms with Crippen LogP contribution < -0.4 is 0 Å². The predicted molar refractivity (Wildman–Crippen MR) is 188 cm³/mol. The van der Waals surface area contributed by atoms with E-state index in [-0.39, 0.29) is 11.1 Å². The second kappa shape index (κ2) is 20.0. The maximum atomic E-state index is 14.4. The van der Waals surface area contributed by atoms with Crippen molar-refractivity contribution in [2.24, 2.45) is 0 Å². The highest BCUT2D eigenvalue weighted by atomic mass is 16.8. The standard InChI is InChI=1S/C38H42O22/c1-15(39)49-13-25-29(51-17(3)41)33(53-19(5)43)35(55-21(7)45)37(57-25)59-31-27(47)23-11-9-10-12-24(23)28(48)32(31)60-38-36(56-22(8)46)34(54-20(6)44)30(52-18(4)42)26(58-38)14-50-16(2)40/h9-12,25-26,29-30,33-38H,13-14H2,1-8H3. The average molecular weight is 851 g/mol. The lowest BCUT2D eigenvalue weighted by atomic mass is 9.91. The SMILES string of the molecule is CC(=O)OCC1OC(OC2=C(OC3OC(COC(C)=O)C(OC(C)=O)C(OC(C)=O)C3OC(C)=O)C(=O)c3ccccc3C2=O)C(OC(C)=O)C(OC(C)=O)C1OC(C)=O. The summed E-state index contributed by atoms with van der Waals surface area (Å²) in [5.74, 6) is -11.5. The summed E-state index contributed by atoms with van der Waals surface area (Å²) >= 11 is 0. The van der Waals surface area contributed by atoms with E-state index in [4.69, 9.17) is 56.8 Å². The van der Waals surface area contributed by atoms with Gasteiger partial charge in [-0.25, -0.2) is 0 Å². The monoisotopic (exact) mass is 850 g/mol. The molecule has 60 heavy (non-hydrogen) atoms. The molecule has 0 bridgehead atoms. The Bertz CT molecular complexity index is 1800. The zero-order chi connectivity index (χ0) is 44.6. The molecule has 0 N–H and O–H groups in total. The number of fused-ring (bicyclic) bond motifs is 1. The van der Waals surface area contributed by atoms with Crippen LogP contribution >= 0.6 is 0 Å². The van der Waals surface area contributed by atoms with Gasteiger partial charge in [-0.3, -0.25) is 47.9 Å². The minimum atomic E-state index is -2.06. The number of carbonyl (C=O) groups excluding carboxylic acids is 10. The van der Waals surface area contributed by atoms with Crippen LogP contribution in [0.15, 0.2) is 35.8 Å². The molecule has 22 heteroatoms. The minimum Gasteiger partial charge on any atom is -0.463 e. The van der Waals surface area contributed by atoms with Crippen molar-refractivity contribution in [1.29, 1.82) is 0 Å². The fourth-order valence-corrected chi connectivity index (χ4v) is 6.34. The molecule has 4 rings (SSSR count). The molecule has 3 aliphatic rings. The lowest BCUT2D eigenvalue weighted by molar-refractivity contribution is -0.304. The van der Waals surface area contributed by atoms with Gasteiger partial charge in [0, 0.05) is 66.5 Å². The fourth-order valence-electron chi connectivity index (χ4n) is 6.34. The lowest BCUT2D eigenvalue weighted by Crippen LogP contribution is -2.63. The molecule has 1 aliphatic carbocycles. The van der Waals surface area contributed by atoms with Crippen LogP contribution in [0.1, 0.15) is 76.1 Å². The molecule has 0 aromatic heterocycles. The number of hydrogen-bond donors (Lipinski definition) is 0. The van der Waals surface area contributed by atoms with E-state index < -0.39 is 145 Å². The third-order valence-electron chi connectivity index (χ3n) is 8.40. The molecule has 1 aromatic rings. The van der Waals surface area contributed by atoms with Crippen molar-refractivity contribution in [2.45, 2.75) is 117 Å². The number of Topliss-reactive ketones (excluding diaryl/α,β-unsaturated/α-hetero) is 2. The summed E-state index contributed by atoms with van der Waals surface area (Å²) in [4.78, 5) is 127. The van der Waals surface area contributed by atoms with Crippen LogP contribution in [0.3, 0.4) is 0 Å². The van der Waals surface area contributed by atoms with Crippen LogP contribution in [0.25, 0.3) is 0 Å². The largest absolute Gasteiger partial charge is 0.463 e. The fraction of sp³-hybridized carbons (Fsp3) is 0.526. The molecular weight excluding hydrogens is 808 g/mol. The smallest absolute Gasteiger partial charge is 0.303 e. The molecule has 0 saturated carbocycles. The molecular formula is C38H42O22. The van der Waals surface area contributed by atoms with E-state index in [0.717, 1.165) is 55.4 Å². The van der Waals surface area contributed by atoms with Gasteiger partial charge in [0.1, 0.15) is 25.4 Å². The van der Waals surface area contributed by atoms with Gasteiger partial charge in [0.15, 0.2) is 24.4 Å². The first-order valence-corrected chi connectivity index (χ1v) is 18.0. The average Bonchev–Trinajstić information content (AvgIpc) is 3.13. The summed E-state index contributed by atoms with van der Waals surface area (Å²) in [6.45, 7) is 6.61. The van der Waals surface area contributed by atoms with Crippen LogP contribution in [0, 0.1) is 0 Å². The third-order valence-corrected chi connectivity index (χ3v) is 8.40. The molecule has 10 atom stereocenters. The quantitative estimate of drug-likeness (QED) is 0.182. The first-order valence-electron chi connectivity index (χ1n) is 18.0. The van der Waals surface area contributed by atoms with Crippen molar-refractivity contribution in [1.82, 2.24) is 0 Å². The van der Waals surface area contributed by atoms with Crippen LogP contribution in [0.4, 0.5) is 0 Å². The summed E-state index contributed by atoms with van der Waals surface area (Å²) in [7, 11) is 0. The van der Waals surface area contributed by atoms with Crippen LogP contribution in [0.2, 0.25) is 0 Å². The summed E-state index contributed by atoms with van der Waals surface area (Å²) in [5.41, 5.74) is -0.478.